The number of allylic oxidation sites excluding steroid dienone is 4. The van der Waals surface area contributed by atoms with Crippen LogP contribution in [-0.2, 0) is 28.7 Å². The van der Waals surface area contributed by atoms with Crippen molar-refractivity contribution in [2.75, 3.05) is 6.61 Å². The van der Waals surface area contributed by atoms with Crippen molar-refractivity contribution in [1.29, 1.82) is 0 Å². The van der Waals surface area contributed by atoms with E-state index in [1.807, 2.05) is 0 Å². The molecule has 3 saturated carbocycles. The molecule has 4 rings (SSSR count). The molecule has 0 aromatic heterocycles. The van der Waals surface area contributed by atoms with Crippen molar-refractivity contribution in [2.45, 2.75) is 90.0 Å². The van der Waals surface area contributed by atoms with Crippen LogP contribution in [0.15, 0.2) is 23.8 Å². The van der Waals surface area contributed by atoms with Crippen molar-refractivity contribution in [3.63, 3.8) is 0 Å². The smallest absolute Gasteiger partial charge is 0.306 e. The van der Waals surface area contributed by atoms with Crippen LogP contribution in [0.4, 0.5) is 4.39 Å². The minimum absolute atomic E-state index is 0.0502. The van der Waals surface area contributed by atoms with Crippen LogP contribution in [0.5, 0.6) is 0 Å². The number of esters is 2. The molecule has 0 spiro atoms. The van der Waals surface area contributed by atoms with Crippen molar-refractivity contribution in [2.24, 2.45) is 22.7 Å². The zero-order valence-electron chi connectivity index (χ0n) is 20.9. The number of ketones is 2. The molecule has 0 radical (unpaired) electrons. The summed E-state index contributed by atoms with van der Waals surface area (Å²) in [6.07, 6.45) is 4.55. The van der Waals surface area contributed by atoms with E-state index >= 15 is 4.39 Å². The fourth-order valence-electron chi connectivity index (χ4n) is 7.51. The first-order chi connectivity index (χ1) is 16.4. The van der Waals surface area contributed by atoms with Gasteiger partial charge in [-0.1, -0.05) is 32.4 Å². The van der Waals surface area contributed by atoms with Gasteiger partial charge in [-0.25, -0.2) is 4.39 Å². The Labute approximate surface area is 205 Å². The van der Waals surface area contributed by atoms with Gasteiger partial charge < -0.3 is 14.6 Å². The number of alkyl halides is 1. The molecule has 0 unspecified atom stereocenters. The molecule has 7 nitrogen and oxygen atoms in total. The van der Waals surface area contributed by atoms with Crippen LogP contribution in [0.1, 0.15) is 72.6 Å². The van der Waals surface area contributed by atoms with Gasteiger partial charge in [0.1, 0.15) is 0 Å². The number of fused-ring (bicyclic) bond motifs is 5. The average molecular weight is 491 g/mol. The van der Waals surface area contributed by atoms with Gasteiger partial charge in [0.05, 0.1) is 6.10 Å². The SMILES string of the molecule is CCC(=O)OCC(=O)[C@@]1(OC(=O)CC)CC[C@H]2[C@@H]3CCC4=CC(=O)C=C[C@]4(C)[C@@]3(F)[C@@H](O)C[C@@]21C. The van der Waals surface area contributed by atoms with Gasteiger partial charge in [0.25, 0.3) is 0 Å². The monoisotopic (exact) mass is 490 g/mol. The summed E-state index contributed by atoms with van der Waals surface area (Å²) in [6, 6.07) is 0. The number of Topliss-reactive ketones (excluding diaryl/α,β-unsaturated/α-hetero) is 1. The van der Waals surface area contributed by atoms with Gasteiger partial charge in [0, 0.05) is 29.6 Å². The zero-order valence-corrected chi connectivity index (χ0v) is 20.9. The summed E-state index contributed by atoms with van der Waals surface area (Å²) < 4.78 is 28.2. The van der Waals surface area contributed by atoms with E-state index in [0.717, 1.165) is 0 Å². The van der Waals surface area contributed by atoms with Crippen molar-refractivity contribution in [1.82, 2.24) is 0 Å². The van der Waals surface area contributed by atoms with Gasteiger partial charge in [-0.05, 0) is 57.1 Å². The third-order valence-electron chi connectivity index (χ3n) is 9.44. The number of rotatable bonds is 6. The maximum Gasteiger partial charge on any atom is 0.306 e. The maximum atomic E-state index is 17.2. The number of carbonyl (C=O) groups excluding carboxylic acids is 4. The molecule has 4 aliphatic carbocycles. The molecule has 0 aromatic rings. The van der Waals surface area contributed by atoms with Crippen LogP contribution in [0, 0.1) is 22.7 Å². The summed E-state index contributed by atoms with van der Waals surface area (Å²) >= 11 is 0. The fourth-order valence-corrected chi connectivity index (χ4v) is 7.51. The number of aliphatic hydroxyl groups excluding tert-OH is 1. The summed E-state index contributed by atoms with van der Waals surface area (Å²) in [4.78, 5) is 49.8. The van der Waals surface area contributed by atoms with E-state index in [0.29, 0.717) is 24.8 Å². The standard InChI is InChI=1S/C27H35FO7/c1-5-22(32)34-15-21(31)26(35-23(33)6-2)12-10-18-19-8-7-16-13-17(29)9-11-24(16,3)27(19,28)20(30)14-25(18,26)4/h9,11,13,18-20,30H,5-8,10,12,14-15H2,1-4H3/t18-,19-,20-,24-,25-,26-,27-/m0/s1. The summed E-state index contributed by atoms with van der Waals surface area (Å²) in [5, 5.41) is 11.4. The Balaban J connectivity index is 1.76. The lowest BCUT2D eigenvalue weighted by molar-refractivity contribution is -0.225. The molecule has 4 aliphatic rings. The Bertz CT molecular complexity index is 1020. The Morgan fingerprint density at radius 1 is 1.11 bits per heavy atom. The number of hydrogen-bond acceptors (Lipinski definition) is 7. The lowest BCUT2D eigenvalue weighted by atomic mass is 9.44. The molecule has 192 valence electrons. The van der Waals surface area contributed by atoms with E-state index in [1.165, 1.54) is 12.2 Å². The quantitative estimate of drug-likeness (QED) is 0.567. The van der Waals surface area contributed by atoms with E-state index in [-0.39, 0.29) is 37.4 Å². The van der Waals surface area contributed by atoms with Gasteiger partial charge >= 0.3 is 11.9 Å². The normalized spacial score (nSPS) is 41.8. The maximum absolute atomic E-state index is 17.2. The largest absolute Gasteiger partial charge is 0.457 e. The molecule has 0 bridgehead atoms. The summed E-state index contributed by atoms with van der Waals surface area (Å²) in [6.45, 7) is 6.23. The highest BCUT2D eigenvalue weighted by Gasteiger charge is 2.75. The molecule has 0 amide bonds. The van der Waals surface area contributed by atoms with E-state index in [2.05, 4.69) is 0 Å². The first-order valence-electron chi connectivity index (χ1n) is 12.6. The Kier molecular flexibility index (Phi) is 6.36. The van der Waals surface area contributed by atoms with Crippen molar-refractivity contribution >= 4 is 23.5 Å². The van der Waals surface area contributed by atoms with Crippen LogP contribution < -0.4 is 0 Å². The van der Waals surface area contributed by atoms with Crippen molar-refractivity contribution in [3.05, 3.63) is 23.8 Å². The molecule has 1 N–H and O–H groups in total. The first kappa shape index (κ1) is 25.7. The number of hydrogen-bond donors (Lipinski definition) is 1. The van der Waals surface area contributed by atoms with E-state index in [1.54, 1.807) is 33.8 Å². The number of aliphatic hydroxyl groups is 1. The minimum atomic E-state index is -2.04. The molecule has 0 aliphatic heterocycles. The summed E-state index contributed by atoms with van der Waals surface area (Å²) in [7, 11) is 0. The summed E-state index contributed by atoms with van der Waals surface area (Å²) in [5.41, 5.74) is -5.16. The molecular formula is C27H35FO7. The van der Waals surface area contributed by atoms with Gasteiger partial charge in [0.15, 0.2) is 23.7 Å². The predicted octanol–water partition coefficient (Wildman–Crippen LogP) is 3.57. The van der Waals surface area contributed by atoms with Gasteiger partial charge in [0.2, 0.25) is 5.78 Å². The second kappa shape index (κ2) is 8.64. The highest BCUT2D eigenvalue weighted by Crippen LogP contribution is 2.70. The van der Waals surface area contributed by atoms with Crippen LogP contribution in [0.3, 0.4) is 0 Å². The lowest BCUT2D eigenvalue weighted by Gasteiger charge is -2.62. The van der Waals surface area contributed by atoms with Crippen LogP contribution >= 0.6 is 0 Å². The molecule has 3 fully saturated rings. The highest BCUT2D eigenvalue weighted by molar-refractivity contribution is 6.01. The zero-order chi connectivity index (χ0) is 25.8. The molecule has 0 heterocycles. The second-order valence-electron chi connectivity index (χ2n) is 10.9. The number of halogens is 1. The van der Waals surface area contributed by atoms with Gasteiger partial charge in [-0.15, -0.1) is 0 Å². The van der Waals surface area contributed by atoms with Crippen LogP contribution in [0.25, 0.3) is 0 Å². The molecule has 7 atom stereocenters. The van der Waals surface area contributed by atoms with E-state index < -0.39 is 58.5 Å². The molecule has 35 heavy (non-hydrogen) atoms. The Morgan fingerprint density at radius 2 is 1.80 bits per heavy atom. The lowest BCUT2D eigenvalue weighted by Crippen LogP contribution is -2.69. The molecule has 8 heteroatoms. The molecular weight excluding hydrogens is 455 g/mol. The predicted molar refractivity (Wildman–Crippen MR) is 124 cm³/mol. The second-order valence-corrected chi connectivity index (χ2v) is 10.9. The van der Waals surface area contributed by atoms with Crippen LogP contribution in [-0.4, -0.2) is 52.6 Å². The average Bonchev–Trinajstić information content (AvgIpc) is 3.11. The number of carbonyl (C=O) groups is 4. The number of ether oxygens (including phenoxy) is 2. The fraction of sp³-hybridized carbons (Fsp3) is 0.704. The minimum Gasteiger partial charge on any atom is -0.457 e. The highest BCUT2D eigenvalue weighted by atomic mass is 19.1. The van der Waals surface area contributed by atoms with E-state index in [9.17, 15) is 24.3 Å². The Hall–Kier alpha value is -2.35. The summed E-state index contributed by atoms with van der Waals surface area (Å²) in [5.74, 6) is -2.79. The molecule has 0 aromatic carbocycles. The van der Waals surface area contributed by atoms with Gasteiger partial charge in [-0.3, -0.25) is 19.2 Å². The first-order valence-corrected chi connectivity index (χ1v) is 12.6. The molecule has 0 saturated heterocycles. The van der Waals surface area contributed by atoms with E-state index in [4.69, 9.17) is 9.47 Å². The third-order valence-corrected chi connectivity index (χ3v) is 9.44. The Morgan fingerprint density at radius 3 is 2.46 bits per heavy atom. The third kappa shape index (κ3) is 3.46. The van der Waals surface area contributed by atoms with Crippen LogP contribution in [0.2, 0.25) is 0 Å². The van der Waals surface area contributed by atoms with Gasteiger partial charge in [-0.2, -0.15) is 0 Å². The van der Waals surface area contributed by atoms with Crippen molar-refractivity contribution in [3.8, 4) is 0 Å². The van der Waals surface area contributed by atoms with Crippen molar-refractivity contribution < 1.29 is 38.1 Å². The topological polar surface area (TPSA) is 107 Å².